The number of carbonyl (C=O) groups excluding carboxylic acids is 4. The second-order valence-electron chi connectivity index (χ2n) is 8.69. The molecular formula is C24H24N4O5. The van der Waals surface area contributed by atoms with Crippen molar-refractivity contribution in [2.24, 2.45) is 5.73 Å². The maximum Gasteiger partial charge on any atom is 0.259 e. The minimum Gasteiger partial charge on any atom is -0.489 e. The molecule has 2 fully saturated rings. The molecule has 2 aliphatic heterocycles. The topological polar surface area (TPSA) is 131 Å². The number of carbonyl (C=O) groups is 4. The molecule has 9 heteroatoms. The van der Waals surface area contributed by atoms with E-state index in [2.05, 4.69) is 10.6 Å². The molecule has 0 aromatic heterocycles. The third-order valence-electron chi connectivity index (χ3n) is 6.34. The summed E-state index contributed by atoms with van der Waals surface area (Å²) in [6.45, 7) is 0.242. The van der Waals surface area contributed by atoms with Gasteiger partial charge in [-0.15, -0.1) is 0 Å². The van der Waals surface area contributed by atoms with Gasteiger partial charge >= 0.3 is 0 Å². The van der Waals surface area contributed by atoms with Crippen LogP contribution < -0.4 is 21.1 Å². The van der Waals surface area contributed by atoms with E-state index >= 15 is 0 Å². The molecule has 5 rings (SSSR count). The van der Waals surface area contributed by atoms with Crippen molar-refractivity contribution in [2.75, 3.05) is 5.32 Å². The number of anilines is 1. The molecule has 0 spiro atoms. The van der Waals surface area contributed by atoms with E-state index in [9.17, 15) is 19.2 Å². The number of piperidine rings is 1. The van der Waals surface area contributed by atoms with Crippen molar-refractivity contribution < 1.29 is 23.9 Å². The van der Waals surface area contributed by atoms with E-state index in [4.69, 9.17) is 10.5 Å². The van der Waals surface area contributed by atoms with E-state index in [1.165, 1.54) is 4.90 Å². The fourth-order valence-electron chi connectivity index (χ4n) is 4.49. The highest BCUT2D eigenvalue weighted by Crippen LogP contribution is 2.31. The Morgan fingerprint density at radius 1 is 1.12 bits per heavy atom. The lowest BCUT2D eigenvalue weighted by Crippen LogP contribution is -2.52. The Morgan fingerprint density at radius 3 is 2.67 bits per heavy atom. The van der Waals surface area contributed by atoms with Crippen molar-refractivity contribution >= 4 is 29.3 Å². The Hall–Kier alpha value is -3.72. The minimum atomic E-state index is -0.677. The van der Waals surface area contributed by atoms with Crippen molar-refractivity contribution in [3.05, 3.63) is 59.2 Å². The predicted octanol–water partition coefficient (Wildman–Crippen LogP) is 1.57. The van der Waals surface area contributed by atoms with Crippen LogP contribution in [0, 0.1) is 0 Å². The zero-order valence-electron chi connectivity index (χ0n) is 17.9. The summed E-state index contributed by atoms with van der Waals surface area (Å²) in [6, 6.07) is 11.6. The van der Waals surface area contributed by atoms with Crippen LogP contribution in [0.2, 0.25) is 0 Å². The first kappa shape index (κ1) is 21.1. The fraction of sp³-hybridized carbons (Fsp3) is 0.333. The van der Waals surface area contributed by atoms with Crippen LogP contribution in [-0.4, -0.2) is 46.7 Å². The van der Waals surface area contributed by atoms with Gasteiger partial charge in [-0.3, -0.25) is 24.5 Å². The number of rotatable bonds is 5. The summed E-state index contributed by atoms with van der Waals surface area (Å²) >= 11 is 0. The Morgan fingerprint density at radius 2 is 1.91 bits per heavy atom. The summed E-state index contributed by atoms with van der Waals surface area (Å²) in [5.74, 6) is -0.845. The molecule has 1 aliphatic carbocycles. The monoisotopic (exact) mass is 448 g/mol. The molecular weight excluding hydrogens is 424 g/mol. The molecule has 4 amide bonds. The molecule has 2 heterocycles. The SMILES string of the molecule is NC1CC(Oc2ccccc2C(=O)Nc2ccc3c(c2)CN(C2CCC(=O)NC2=O)C3=O)C1. The van der Waals surface area contributed by atoms with Crippen LogP contribution in [0.4, 0.5) is 5.69 Å². The van der Waals surface area contributed by atoms with E-state index in [-0.39, 0.29) is 42.8 Å². The highest BCUT2D eigenvalue weighted by molar-refractivity contribution is 6.08. The summed E-state index contributed by atoms with van der Waals surface area (Å²) in [4.78, 5) is 50.9. The lowest BCUT2D eigenvalue weighted by atomic mass is 9.90. The number of para-hydroxylation sites is 1. The number of benzene rings is 2. The molecule has 2 aromatic rings. The van der Waals surface area contributed by atoms with Gasteiger partial charge in [-0.2, -0.15) is 0 Å². The lowest BCUT2D eigenvalue weighted by molar-refractivity contribution is -0.136. The largest absolute Gasteiger partial charge is 0.489 e. The fourth-order valence-corrected chi connectivity index (χ4v) is 4.49. The number of hydrogen-bond donors (Lipinski definition) is 3. The van der Waals surface area contributed by atoms with Crippen molar-refractivity contribution in [2.45, 2.75) is 50.4 Å². The zero-order chi connectivity index (χ0) is 23.1. The average Bonchev–Trinajstić information content (AvgIpc) is 3.08. The van der Waals surface area contributed by atoms with Gasteiger partial charge in [0.15, 0.2) is 0 Å². The Labute approximate surface area is 190 Å². The van der Waals surface area contributed by atoms with Crippen LogP contribution in [0.3, 0.4) is 0 Å². The van der Waals surface area contributed by atoms with E-state index in [0.29, 0.717) is 29.0 Å². The second-order valence-corrected chi connectivity index (χ2v) is 8.69. The zero-order valence-corrected chi connectivity index (χ0v) is 17.9. The molecule has 9 nitrogen and oxygen atoms in total. The van der Waals surface area contributed by atoms with Gasteiger partial charge in [-0.25, -0.2) is 0 Å². The molecule has 33 heavy (non-hydrogen) atoms. The van der Waals surface area contributed by atoms with Gasteiger partial charge in [0.25, 0.3) is 11.8 Å². The molecule has 1 atom stereocenters. The van der Waals surface area contributed by atoms with Crippen molar-refractivity contribution in [1.29, 1.82) is 0 Å². The van der Waals surface area contributed by atoms with Gasteiger partial charge in [-0.05, 0) is 55.2 Å². The van der Waals surface area contributed by atoms with Crippen LogP contribution in [0.5, 0.6) is 5.75 Å². The molecule has 1 saturated carbocycles. The molecule has 170 valence electrons. The smallest absolute Gasteiger partial charge is 0.259 e. The van der Waals surface area contributed by atoms with Crippen molar-refractivity contribution in [1.82, 2.24) is 10.2 Å². The standard InChI is InChI=1S/C24H24N4O5/c25-14-10-16(11-14)33-20-4-2-1-3-18(20)22(30)26-15-5-6-17-13(9-15)12-28(24(17)32)19-7-8-21(29)27-23(19)31/h1-6,9,14,16,19H,7-8,10-12,25H2,(H,26,30)(H,27,29,31). The Balaban J connectivity index is 1.30. The van der Waals surface area contributed by atoms with Gasteiger partial charge in [0.05, 0.1) is 5.56 Å². The summed E-state index contributed by atoms with van der Waals surface area (Å²) in [6.07, 6.45) is 2.04. The van der Waals surface area contributed by atoms with E-state index < -0.39 is 11.9 Å². The van der Waals surface area contributed by atoms with E-state index in [0.717, 1.165) is 18.4 Å². The number of imide groups is 1. The maximum absolute atomic E-state index is 13.0. The van der Waals surface area contributed by atoms with Gasteiger partial charge in [0, 0.05) is 30.3 Å². The Bertz CT molecular complexity index is 1160. The summed E-state index contributed by atoms with van der Waals surface area (Å²) in [5.41, 5.74) is 7.99. The predicted molar refractivity (Wildman–Crippen MR) is 119 cm³/mol. The first-order valence-corrected chi connectivity index (χ1v) is 11.0. The molecule has 4 N–H and O–H groups in total. The normalized spacial score (nSPS) is 24.1. The van der Waals surface area contributed by atoms with E-state index in [1.807, 2.05) is 6.07 Å². The second kappa shape index (κ2) is 8.32. The maximum atomic E-state index is 13.0. The van der Waals surface area contributed by atoms with Crippen LogP contribution >= 0.6 is 0 Å². The highest BCUT2D eigenvalue weighted by Gasteiger charge is 2.39. The van der Waals surface area contributed by atoms with Crippen LogP contribution in [-0.2, 0) is 16.1 Å². The quantitative estimate of drug-likeness (QED) is 0.595. The number of nitrogens with two attached hydrogens (primary N) is 1. The van der Waals surface area contributed by atoms with Crippen LogP contribution in [0.15, 0.2) is 42.5 Å². The average molecular weight is 448 g/mol. The molecule has 3 aliphatic rings. The molecule has 1 saturated heterocycles. The number of hydrogen-bond acceptors (Lipinski definition) is 6. The van der Waals surface area contributed by atoms with Crippen molar-refractivity contribution in [3.8, 4) is 5.75 Å². The minimum absolute atomic E-state index is 0.0122. The highest BCUT2D eigenvalue weighted by atomic mass is 16.5. The molecule has 1 unspecified atom stereocenters. The van der Waals surface area contributed by atoms with Crippen LogP contribution in [0.25, 0.3) is 0 Å². The van der Waals surface area contributed by atoms with Crippen LogP contribution in [0.1, 0.15) is 52.0 Å². The van der Waals surface area contributed by atoms with Gasteiger partial charge in [0.1, 0.15) is 17.9 Å². The summed E-state index contributed by atoms with van der Waals surface area (Å²) < 4.78 is 5.94. The van der Waals surface area contributed by atoms with Crippen molar-refractivity contribution in [3.63, 3.8) is 0 Å². The lowest BCUT2D eigenvalue weighted by Gasteiger charge is -2.33. The third kappa shape index (κ3) is 4.07. The van der Waals surface area contributed by atoms with E-state index in [1.54, 1.807) is 36.4 Å². The van der Waals surface area contributed by atoms with Gasteiger partial charge in [0.2, 0.25) is 11.8 Å². The summed E-state index contributed by atoms with van der Waals surface area (Å²) in [7, 11) is 0. The first-order valence-electron chi connectivity index (χ1n) is 11.0. The number of amides is 4. The molecule has 0 bridgehead atoms. The summed E-state index contributed by atoms with van der Waals surface area (Å²) in [5, 5.41) is 5.16. The van der Waals surface area contributed by atoms with Gasteiger partial charge < -0.3 is 20.7 Å². The number of ether oxygens (including phenoxy) is 1. The molecule has 2 aromatic carbocycles. The first-order chi connectivity index (χ1) is 15.9. The van der Waals surface area contributed by atoms with Gasteiger partial charge in [-0.1, -0.05) is 12.1 Å². The number of nitrogens with one attached hydrogen (secondary N) is 2. The molecule has 0 radical (unpaired) electrons. The number of nitrogens with zero attached hydrogens (tertiary/aromatic N) is 1. The Kier molecular flexibility index (Phi) is 5.33. The third-order valence-corrected chi connectivity index (χ3v) is 6.34. The number of fused-ring (bicyclic) bond motifs is 1.